The molecule has 4 aliphatic rings. The van der Waals surface area contributed by atoms with Crippen LogP contribution in [0.4, 0.5) is 0 Å². The predicted molar refractivity (Wildman–Crippen MR) is 89.8 cm³/mol. The number of aliphatic hydroxyl groups is 2. The molecule has 8 atom stereocenters. The topological polar surface area (TPSA) is 49.7 Å². The minimum absolute atomic E-state index is 0.00599. The molecule has 3 heteroatoms. The summed E-state index contributed by atoms with van der Waals surface area (Å²) in [4.78, 5) is 0. The minimum Gasteiger partial charge on any atom is -0.393 e. The summed E-state index contributed by atoms with van der Waals surface area (Å²) in [5, 5.41) is 20.6. The average Bonchev–Trinajstić information content (AvgIpc) is 2.83. The fraction of sp³-hybridized carbons (Fsp3) is 0.800. The Morgan fingerprint density at radius 3 is 2.70 bits per heavy atom. The van der Waals surface area contributed by atoms with Crippen molar-refractivity contribution < 1.29 is 14.9 Å². The third-order valence-corrected chi connectivity index (χ3v) is 7.79. The number of allylic oxidation sites excluding steroid dienone is 2. The van der Waals surface area contributed by atoms with Gasteiger partial charge in [0.05, 0.1) is 18.3 Å². The van der Waals surface area contributed by atoms with Crippen LogP contribution in [-0.4, -0.2) is 35.6 Å². The summed E-state index contributed by atoms with van der Waals surface area (Å²) < 4.78 is 5.95. The van der Waals surface area contributed by atoms with Gasteiger partial charge >= 0.3 is 0 Å². The summed E-state index contributed by atoms with van der Waals surface area (Å²) in [5.74, 6) is 1.38. The number of methoxy groups -OCH3 is 1. The van der Waals surface area contributed by atoms with Crippen LogP contribution in [0, 0.1) is 28.6 Å². The maximum Gasteiger partial charge on any atom is 0.0724 e. The van der Waals surface area contributed by atoms with E-state index in [0.29, 0.717) is 17.8 Å². The van der Waals surface area contributed by atoms with Crippen molar-refractivity contribution in [1.82, 2.24) is 0 Å². The zero-order chi connectivity index (χ0) is 16.4. The third-order valence-electron chi connectivity index (χ3n) is 7.79. The van der Waals surface area contributed by atoms with Crippen LogP contribution in [0.3, 0.4) is 0 Å². The van der Waals surface area contributed by atoms with E-state index < -0.39 is 0 Å². The van der Waals surface area contributed by atoms with Crippen LogP contribution in [0.2, 0.25) is 0 Å². The molecule has 0 aromatic carbocycles. The van der Waals surface area contributed by atoms with Gasteiger partial charge in [0.25, 0.3) is 0 Å². The van der Waals surface area contributed by atoms with Crippen molar-refractivity contribution in [2.24, 2.45) is 28.6 Å². The van der Waals surface area contributed by atoms with Gasteiger partial charge in [-0.05, 0) is 43.9 Å². The Bertz CT molecular complexity index is 553. The number of hydrogen-bond acceptors (Lipinski definition) is 3. The molecular weight excluding hydrogens is 288 g/mol. The summed E-state index contributed by atoms with van der Waals surface area (Å²) in [6, 6.07) is 0. The molecule has 2 fully saturated rings. The second kappa shape index (κ2) is 5.18. The second-order valence-corrected chi connectivity index (χ2v) is 8.75. The highest BCUT2D eigenvalue weighted by molar-refractivity contribution is 5.35. The van der Waals surface area contributed by atoms with Gasteiger partial charge in [-0.1, -0.05) is 37.6 Å². The Morgan fingerprint density at radius 2 is 1.96 bits per heavy atom. The molecule has 0 amide bonds. The maximum absolute atomic E-state index is 10.5. The largest absolute Gasteiger partial charge is 0.393 e. The zero-order valence-electron chi connectivity index (χ0n) is 14.5. The Labute approximate surface area is 139 Å². The Hall–Kier alpha value is -0.640. The van der Waals surface area contributed by atoms with E-state index in [2.05, 4.69) is 26.0 Å². The molecule has 128 valence electrons. The lowest BCUT2D eigenvalue weighted by atomic mass is 9.50. The minimum atomic E-state index is -0.315. The molecule has 0 bridgehead atoms. The van der Waals surface area contributed by atoms with Gasteiger partial charge in [-0.3, -0.25) is 0 Å². The molecule has 4 rings (SSSR count). The van der Waals surface area contributed by atoms with Crippen molar-refractivity contribution >= 4 is 0 Å². The van der Waals surface area contributed by atoms with E-state index in [0.717, 1.165) is 32.1 Å². The zero-order valence-corrected chi connectivity index (χ0v) is 14.5. The van der Waals surface area contributed by atoms with E-state index in [-0.39, 0.29) is 29.1 Å². The lowest BCUT2D eigenvalue weighted by Gasteiger charge is -2.57. The Morgan fingerprint density at radius 1 is 1.17 bits per heavy atom. The molecule has 2 saturated carbocycles. The van der Waals surface area contributed by atoms with Crippen molar-refractivity contribution in [2.75, 3.05) is 7.11 Å². The number of hydrogen-bond donors (Lipinski definition) is 2. The first kappa shape index (κ1) is 15.9. The predicted octanol–water partition coefficient (Wildman–Crippen LogP) is 3.07. The van der Waals surface area contributed by atoms with Crippen LogP contribution < -0.4 is 0 Å². The molecule has 2 N–H and O–H groups in total. The summed E-state index contributed by atoms with van der Waals surface area (Å²) in [5.41, 5.74) is 1.57. The van der Waals surface area contributed by atoms with Gasteiger partial charge in [0.15, 0.2) is 0 Å². The average molecular weight is 318 g/mol. The molecule has 0 radical (unpaired) electrons. The lowest BCUT2D eigenvalue weighted by Crippen LogP contribution is -2.53. The van der Waals surface area contributed by atoms with Crippen molar-refractivity contribution in [1.29, 1.82) is 0 Å². The molecule has 23 heavy (non-hydrogen) atoms. The number of ether oxygens (including phenoxy) is 1. The molecule has 0 heterocycles. The van der Waals surface area contributed by atoms with Crippen molar-refractivity contribution in [3.63, 3.8) is 0 Å². The van der Waals surface area contributed by atoms with E-state index in [9.17, 15) is 10.2 Å². The highest BCUT2D eigenvalue weighted by atomic mass is 16.5. The normalized spacial score (nSPS) is 54.9. The Balaban J connectivity index is 1.79. The van der Waals surface area contributed by atoms with Crippen LogP contribution in [-0.2, 0) is 4.74 Å². The lowest BCUT2D eigenvalue weighted by molar-refractivity contribution is -0.0688. The van der Waals surface area contributed by atoms with Gasteiger partial charge in [0, 0.05) is 23.9 Å². The molecule has 4 unspecified atom stereocenters. The quantitative estimate of drug-likeness (QED) is 0.731. The van der Waals surface area contributed by atoms with E-state index in [1.807, 2.05) is 13.2 Å². The standard InChI is InChI=1S/C20H30O3/c1-19-8-6-13(21)10-12(19)11-16(23-3)18-14-4-5-17(22)20(14,2)9-7-15(18)19/h6-8,12-14,16-18,21-22H,4-5,9-11H2,1-3H3/t12?,13?,14-,16?,17?,18-,19-,20-/m0/s1. The van der Waals surface area contributed by atoms with Gasteiger partial charge in [-0.25, -0.2) is 0 Å². The molecule has 4 aliphatic carbocycles. The van der Waals surface area contributed by atoms with Crippen molar-refractivity contribution in [3.8, 4) is 0 Å². The first-order chi connectivity index (χ1) is 10.9. The van der Waals surface area contributed by atoms with Crippen LogP contribution in [0.25, 0.3) is 0 Å². The van der Waals surface area contributed by atoms with Gasteiger partial charge in [-0.2, -0.15) is 0 Å². The molecule has 0 aliphatic heterocycles. The SMILES string of the molecule is COC1CC2CC(O)C=C[C@]2(C)C2=CC[C@]3(C)C(O)CC[C@H]3[C@@H]21. The monoisotopic (exact) mass is 318 g/mol. The second-order valence-electron chi connectivity index (χ2n) is 8.75. The van der Waals surface area contributed by atoms with Gasteiger partial charge in [-0.15, -0.1) is 0 Å². The molecule has 0 aromatic rings. The van der Waals surface area contributed by atoms with Gasteiger partial charge < -0.3 is 14.9 Å². The summed E-state index contributed by atoms with van der Waals surface area (Å²) >= 11 is 0. The van der Waals surface area contributed by atoms with Crippen LogP contribution in [0.5, 0.6) is 0 Å². The maximum atomic E-state index is 10.5. The molecule has 3 nitrogen and oxygen atoms in total. The summed E-state index contributed by atoms with van der Waals surface area (Å²) in [7, 11) is 1.83. The van der Waals surface area contributed by atoms with E-state index >= 15 is 0 Å². The van der Waals surface area contributed by atoms with Crippen molar-refractivity contribution in [2.45, 2.75) is 64.3 Å². The number of aliphatic hydroxyl groups excluding tert-OH is 2. The summed E-state index contributed by atoms with van der Waals surface area (Å²) in [6.45, 7) is 4.61. The molecule has 0 spiro atoms. The van der Waals surface area contributed by atoms with Crippen LogP contribution >= 0.6 is 0 Å². The van der Waals surface area contributed by atoms with E-state index in [4.69, 9.17) is 4.74 Å². The van der Waals surface area contributed by atoms with E-state index in [1.54, 1.807) is 0 Å². The fourth-order valence-corrected chi connectivity index (χ4v) is 6.25. The highest BCUT2D eigenvalue weighted by Crippen LogP contribution is 2.63. The first-order valence-corrected chi connectivity index (χ1v) is 9.19. The summed E-state index contributed by atoms with van der Waals surface area (Å²) in [6.07, 6.45) is 11.2. The van der Waals surface area contributed by atoms with Gasteiger partial charge in [0.1, 0.15) is 0 Å². The highest BCUT2D eigenvalue weighted by Gasteiger charge is 2.59. The third kappa shape index (κ3) is 2.06. The smallest absolute Gasteiger partial charge is 0.0724 e. The molecular formula is C20H30O3. The van der Waals surface area contributed by atoms with Gasteiger partial charge in [0.2, 0.25) is 0 Å². The number of rotatable bonds is 1. The first-order valence-electron chi connectivity index (χ1n) is 9.19. The molecule has 0 aromatic heterocycles. The van der Waals surface area contributed by atoms with E-state index in [1.165, 1.54) is 5.57 Å². The molecule has 0 saturated heterocycles. The Kier molecular flexibility index (Phi) is 3.57. The fourth-order valence-electron chi connectivity index (χ4n) is 6.25. The van der Waals surface area contributed by atoms with Crippen molar-refractivity contribution in [3.05, 3.63) is 23.8 Å². The number of fused-ring (bicyclic) bond motifs is 5. The van der Waals surface area contributed by atoms with Crippen LogP contribution in [0.15, 0.2) is 23.8 Å². The van der Waals surface area contributed by atoms with Crippen LogP contribution in [0.1, 0.15) is 46.0 Å².